The maximum absolute atomic E-state index is 12.8. The van der Waals surface area contributed by atoms with Gasteiger partial charge in [0.2, 0.25) is 0 Å². The molecule has 0 fully saturated rings. The fourth-order valence-electron chi connectivity index (χ4n) is 1.70. The van der Waals surface area contributed by atoms with Crippen LogP contribution in [0, 0.1) is 15.9 Å². The van der Waals surface area contributed by atoms with Crippen molar-refractivity contribution >= 4 is 21.6 Å². The molecule has 4 nitrogen and oxygen atoms in total. The lowest BCUT2D eigenvalue weighted by molar-refractivity contribution is -0.385. The van der Waals surface area contributed by atoms with Crippen molar-refractivity contribution in [3.05, 3.63) is 74.0 Å². The van der Waals surface area contributed by atoms with Crippen LogP contribution in [0.3, 0.4) is 0 Å². The van der Waals surface area contributed by atoms with Gasteiger partial charge in [-0.15, -0.1) is 0 Å². The van der Waals surface area contributed by atoms with Gasteiger partial charge in [-0.1, -0.05) is 28.1 Å². The van der Waals surface area contributed by atoms with Crippen molar-refractivity contribution in [1.29, 1.82) is 0 Å². The molecule has 0 bridgehead atoms. The molecule has 0 aliphatic heterocycles. The van der Waals surface area contributed by atoms with Crippen LogP contribution in [-0.4, -0.2) is 10.0 Å². The molecule has 1 N–H and O–H groups in total. The van der Waals surface area contributed by atoms with Crippen molar-refractivity contribution in [3.8, 4) is 0 Å². The summed E-state index contributed by atoms with van der Waals surface area (Å²) in [6.45, 7) is 0. The predicted octanol–water partition coefficient (Wildman–Crippen LogP) is 3.58. The van der Waals surface area contributed by atoms with Gasteiger partial charge in [-0.3, -0.25) is 10.1 Å². The highest BCUT2D eigenvalue weighted by Gasteiger charge is 2.16. The highest BCUT2D eigenvalue weighted by molar-refractivity contribution is 9.10. The van der Waals surface area contributed by atoms with Crippen LogP contribution in [-0.2, 0) is 0 Å². The van der Waals surface area contributed by atoms with Gasteiger partial charge in [-0.2, -0.15) is 0 Å². The third-order valence-corrected chi connectivity index (χ3v) is 3.08. The average Bonchev–Trinajstić information content (AvgIpc) is 2.38. The van der Waals surface area contributed by atoms with Crippen LogP contribution in [0.25, 0.3) is 0 Å². The Hall–Kier alpha value is -1.79. The van der Waals surface area contributed by atoms with Crippen molar-refractivity contribution < 1.29 is 14.4 Å². The summed E-state index contributed by atoms with van der Waals surface area (Å²) in [5, 5.41) is 20.9. The molecule has 2 aromatic rings. The van der Waals surface area contributed by atoms with Crippen molar-refractivity contribution in [2.75, 3.05) is 0 Å². The predicted molar refractivity (Wildman–Crippen MR) is 71.3 cm³/mol. The quantitative estimate of drug-likeness (QED) is 0.693. The van der Waals surface area contributed by atoms with E-state index < -0.39 is 16.8 Å². The van der Waals surface area contributed by atoms with E-state index >= 15 is 0 Å². The Kier molecular flexibility index (Phi) is 3.92. The van der Waals surface area contributed by atoms with E-state index in [-0.39, 0.29) is 5.69 Å². The van der Waals surface area contributed by atoms with E-state index in [2.05, 4.69) is 15.9 Å². The molecular weight excluding hydrogens is 317 g/mol. The molecule has 0 aromatic heterocycles. The maximum Gasteiger partial charge on any atom is 0.270 e. The third kappa shape index (κ3) is 3.15. The number of rotatable bonds is 3. The molecule has 0 aliphatic rings. The van der Waals surface area contributed by atoms with Crippen LogP contribution in [0.4, 0.5) is 10.1 Å². The van der Waals surface area contributed by atoms with Crippen LogP contribution < -0.4 is 0 Å². The van der Waals surface area contributed by atoms with Crippen LogP contribution in [0.5, 0.6) is 0 Å². The molecule has 0 heterocycles. The lowest BCUT2D eigenvalue weighted by Crippen LogP contribution is -2.01. The minimum atomic E-state index is -1.04. The summed E-state index contributed by atoms with van der Waals surface area (Å²) < 4.78 is 13.3. The lowest BCUT2D eigenvalue weighted by Gasteiger charge is -2.11. The first-order valence-corrected chi connectivity index (χ1v) is 6.15. The molecule has 1 unspecified atom stereocenters. The SMILES string of the molecule is O=[N+]([O-])c1cc(Br)cc(C(O)c2ccc(F)cc2)c1. The number of nitro groups is 1. The molecule has 2 aromatic carbocycles. The number of hydrogen-bond acceptors (Lipinski definition) is 3. The number of nitrogens with zero attached hydrogens (tertiary/aromatic N) is 1. The summed E-state index contributed by atoms with van der Waals surface area (Å²) in [6, 6.07) is 9.55. The van der Waals surface area contributed by atoms with Crippen molar-refractivity contribution in [2.45, 2.75) is 6.10 Å². The Morgan fingerprint density at radius 2 is 1.79 bits per heavy atom. The molecule has 2 rings (SSSR count). The summed E-state index contributed by atoms with van der Waals surface area (Å²) in [6.07, 6.45) is -1.04. The number of halogens is 2. The Balaban J connectivity index is 2.40. The fraction of sp³-hybridized carbons (Fsp3) is 0.0769. The maximum atomic E-state index is 12.8. The number of hydrogen-bond donors (Lipinski definition) is 1. The summed E-state index contributed by atoms with van der Waals surface area (Å²) >= 11 is 3.16. The number of nitro benzene ring substituents is 1. The van der Waals surface area contributed by atoms with Gasteiger partial charge in [0.15, 0.2) is 0 Å². The zero-order valence-electron chi connectivity index (χ0n) is 9.59. The first-order valence-electron chi connectivity index (χ1n) is 5.36. The van der Waals surface area contributed by atoms with E-state index in [1.807, 2.05) is 0 Å². The number of benzene rings is 2. The number of non-ortho nitro benzene ring substituents is 1. The Bertz CT molecular complexity index is 616. The van der Waals surface area contributed by atoms with Gasteiger partial charge in [-0.25, -0.2) is 4.39 Å². The van der Waals surface area contributed by atoms with Crippen LogP contribution >= 0.6 is 15.9 Å². The number of aliphatic hydroxyl groups is 1. The zero-order valence-corrected chi connectivity index (χ0v) is 11.2. The van der Waals surface area contributed by atoms with Gasteiger partial charge >= 0.3 is 0 Å². The Morgan fingerprint density at radius 3 is 2.37 bits per heavy atom. The normalized spacial score (nSPS) is 12.2. The van der Waals surface area contributed by atoms with Crippen molar-refractivity contribution in [1.82, 2.24) is 0 Å². The summed E-state index contributed by atoms with van der Waals surface area (Å²) in [4.78, 5) is 10.2. The average molecular weight is 326 g/mol. The first kappa shape index (κ1) is 13.6. The van der Waals surface area contributed by atoms with Gasteiger partial charge in [0, 0.05) is 16.6 Å². The molecule has 98 valence electrons. The largest absolute Gasteiger partial charge is 0.384 e. The second-order valence-electron chi connectivity index (χ2n) is 3.95. The minimum Gasteiger partial charge on any atom is -0.384 e. The van der Waals surface area contributed by atoms with Gasteiger partial charge in [0.1, 0.15) is 11.9 Å². The van der Waals surface area contributed by atoms with Crippen molar-refractivity contribution in [2.24, 2.45) is 0 Å². The molecule has 0 saturated heterocycles. The van der Waals surface area contributed by atoms with Crippen molar-refractivity contribution in [3.63, 3.8) is 0 Å². The number of aliphatic hydroxyl groups excluding tert-OH is 1. The highest BCUT2D eigenvalue weighted by atomic mass is 79.9. The first-order chi connectivity index (χ1) is 8.97. The van der Waals surface area contributed by atoms with Gasteiger partial charge in [-0.05, 0) is 29.3 Å². The molecule has 0 aliphatic carbocycles. The fourth-order valence-corrected chi connectivity index (χ4v) is 2.20. The zero-order chi connectivity index (χ0) is 14.0. The Labute approximate surface area is 116 Å². The topological polar surface area (TPSA) is 63.4 Å². The van der Waals surface area contributed by atoms with Crippen LogP contribution in [0.1, 0.15) is 17.2 Å². The summed E-state index contributed by atoms with van der Waals surface area (Å²) in [5.41, 5.74) is 0.715. The molecule has 0 radical (unpaired) electrons. The highest BCUT2D eigenvalue weighted by Crippen LogP contribution is 2.28. The minimum absolute atomic E-state index is 0.120. The Morgan fingerprint density at radius 1 is 1.16 bits per heavy atom. The third-order valence-electron chi connectivity index (χ3n) is 2.62. The molecular formula is C13H9BrFNO3. The van der Waals surface area contributed by atoms with E-state index in [0.717, 1.165) is 0 Å². The monoisotopic (exact) mass is 325 g/mol. The van der Waals surface area contributed by atoms with E-state index in [9.17, 15) is 19.6 Å². The molecule has 19 heavy (non-hydrogen) atoms. The van der Waals surface area contributed by atoms with Gasteiger partial charge in [0.25, 0.3) is 5.69 Å². The van der Waals surface area contributed by atoms with E-state index in [0.29, 0.717) is 15.6 Å². The van der Waals surface area contributed by atoms with Crippen LogP contribution in [0.2, 0.25) is 0 Å². The van der Waals surface area contributed by atoms with E-state index in [1.165, 1.54) is 36.4 Å². The van der Waals surface area contributed by atoms with Gasteiger partial charge in [0.05, 0.1) is 4.92 Å². The second kappa shape index (κ2) is 5.46. The van der Waals surface area contributed by atoms with E-state index in [4.69, 9.17) is 0 Å². The molecule has 6 heteroatoms. The summed E-state index contributed by atoms with van der Waals surface area (Å²) in [5.74, 6) is -0.406. The standard InChI is InChI=1S/C13H9BrFNO3/c14-10-5-9(6-12(7-10)16(18)19)13(17)8-1-3-11(15)4-2-8/h1-7,13,17H. The van der Waals surface area contributed by atoms with Gasteiger partial charge < -0.3 is 5.11 Å². The second-order valence-corrected chi connectivity index (χ2v) is 4.87. The van der Waals surface area contributed by atoms with Crippen LogP contribution in [0.15, 0.2) is 46.9 Å². The van der Waals surface area contributed by atoms with E-state index in [1.54, 1.807) is 6.07 Å². The lowest BCUT2D eigenvalue weighted by atomic mass is 10.0. The molecule has 0 amide bonds. The molecule has 0 spiro atoms. The molecule has 1 atom stereocenters. The smallest absolute Gasteiger partial charge is 0.270 e. The molecule has 0 saturated carbocycles. The summed E-state index contributed by atoms with van der Waals surface area (Å²) in [7, 11) is 0.